The van der Waals surface area contributed by atoms with Gasteiger partial charge in [0.2, 0.25) is 5.95 Å². The Bertz CT molecular complexity index is 521. The zero-order chi connectivity index (χ0) is 13.0. The number of hydrogen-bond donors (Lipinski definition) is 2. The Morgan fingerprint density at radius 2 is 2.06 bits per heavy atom. The van der Waals surface area contributed by atoms with E-state index in [4.69, 9.17) is 0 Å². The van der Waals surface area contributed by atoms with Crippen molar-refractivity contribution in [3.05, 3.63) is 10.9 Å². The van der Waals surface area contributed by atoms with Crippen LogP contribution in [0.4, 0.5) is 11.8 Å². The van der Waals surface area contributed by atoms with Gasteiger partial charge in [-0.15, -0.1) is 11.3 Å². The highest BCUT2D eigenvalue weighted by Crippen LogP contribution is 2.29. The van der Waals surface area contributed by atoms with Crippen molar-refractivity contribution >= 4 is 33.3 Å². The average molecular weight is 264 g/mol. The highest BCUT2D eigenvalue weighted by atomic mass is 32.1. The van der Waals surface area contributed by atoms with Gasteiger partial charge in [-0.05, 0) is 26.3 Å². The minimum atomic E-state index is 0.714. The third-order valence-corrected chi connectivity index (χ3v) is 3.62. The summed E-state index contributed by atoms with van der Waals surface area (Å²) in [5.74, 6) is 1.67. The summed E-state index contributed by atoms with van der Waals surface area (Å²) < 4.78 is 0. The molecule has 0 unspecified atom stereocenters. The second-order valence-corrected chi connectivity index (χ2v) is 5.52. The lowest BCUT2D eigenvalue weighted by atomic mass is 10.3. The number of nitrogens with one attached hydrogen (secondary N) is 2. The first-order valence-corrected chi connectivity index (χ1v) is 7.32. The number of nitrogens with zero attached hydrogens (tertiary/aromatic N) is 2. The number of rotatable bonds is 6. The number of hydrogen-bond acceptors (Lipinski definition) is 5. The fourth-order valence-corrected chi connectivity index (χ4v) is 2.68. The lowest BCUT2D eigenvalue weighted by Gasteiger charge is -2.08. The van der Waals surface area contributed by atoms with Gasteiger partial charge < -0.3 is 10.6 Å². The third kappa shape index (κ3) is 2.90. The van der Waals surface area contributed by atoms with Crippen molar-refractivity contribution in [2.75, 3.05) is 23.7 Å². The van der Waals surface area contributed by atoms with Gasteiger partial charge in [-0.2, -0.15) is 4.98 Å². The Morgan fingerprint density at radius 1 is 1.22 bits per heavy atom. The molecular weight excluding hydrogens is 244 g/mol. The molecule has 0 aliphatic heterocycles. The molecule has 2 rings (SSSR count). The molecule has 2 heterocycles. The number of thiophene rings is 1. The van der Waals surface area contributed by atoms with Crippen LogP contribution in [0.3, 0.4) is 0 Å². The van der Waals surface area contributed by atoms with E-state index < -0.39 is 0 Å². The van der Waals surface area contributed by atoms with Crippen molar-refractivity contribution in [1.29, 1.82) is 0 Å². The lowest BCUT2D eigenvalue weighted by molar-refractivity contribution is 0.831. The molecule has 0 saturated carbocycles. The Labute approximate surface area is 112 Å². The van der Waals surface area contributed by atoms with Gasteiger partial charge >= 0.3 is 0 Å². The molecule has 5 heteroatoms. The largest absolute Gasteiger partial charge is 0.369 e. The first-order chi connectivity index (χ1) is 8.74. The zero-order valence-electron chi connectivity index (χ0n) is 11.2. The summed E-state index contributed by atoms with van der Waals surface area (Å²) in [6.07, 6.45) is 2.34. The summed E-state index contributed by atoms with van der Waals surface area (Å²) in [6.45, 7) is 8.15. The molecular formula is C13H20N4S. The van der Waals surface area contributed by atoms with Crippen molar-refractivity contribution < 1.29 is 0 Å². The third-order valence-electron chi connectivity index (χ3n) is 2.67. The quantitative estimate of drug-likeness (QED) is 0.782. The maximum atomic E-state index is 4.55. The normalized spacial score (nSPS) is 10.8. The van der Waals surface area contributed by atoms with Crippen molar-refractivity contribution in [3.63, 3.8) is 0 Å². The predicted octanol–water partition coefficient (Wildman–Crippen LogP) is 3.64. The molecule has 0 radical (unpaired) electrons. The molecule has 0 aliphatic carbocycles. The fraction of sp³-hybridized carbons (Fsp3) is 0.538. The summed E-state index contributed by atoms with van der Waals surface area (Å²) in [4.78, 5) is 11.4. The number of anilines is 2. The molecule has 0 aliphatic rings. The van der Waals surface area contributed by atoms with Crippen LogP contribution in [-0.2, 0) is 0 Å². The number of unbranched alkanes of at least 4 members (excludes halogenated alkanes) is 1. The molecule has 2 aromatic rings. The SMILES string of the molecule is CCCCNc1nc(NCC)nc2sc(C)cc12. The van der Waals surface area contributed by atoms with Crippen LogP contribution in [0.2, 0.25) is 0 Å². The van der Waals surface area contributed by atoms with Crippen molar-refractivity contribution in [3.8, 4) is 0 Å². The van der Waals surface area contributed by atoms with E-state index in [2.05, 4.69) is 47.4 Å². The topological polar surface area (TPSA) is 49.8 Å². The van der Waals surface area contributed by atoms with Crippen molar-refractivity contribution in [1.82, 2.24) is 9.97 Å². The van der Waals surface area contributed by atoms with Crippen LogP contribution in [0.15, 0.2) is 6.07 Å². The molecule has 0 fully saturated rings. The van der Waals surface area contributed by atoms with Crippen LogP contribution >= 0.6 is 11.3 Å². The van der Waals surface area contributed by atoms with Crippen LogP contribution < -0.4 is 10.6 Å². The number of fused-ring (bicyclic) bond motifs is 1. The molecule has 0 atom stereocenters. The van der Waals surface area contributed by atoms with E-state index in [9.17, 15) is 0 Å². The van der Waals surface area contributed by atoms with Crippen LogP contribution in [0.25, 0.3) is 10.2 Å². The maximum Gasteiger partial charge on any atom is 0.226 e. The van der Waals surface area contributed by atoms with Crippen LogP contribution in [0.1, 0.15) is 31.6 Å². The minimum Gasteiger partial charge on any atom is -0.369 e. The zero-order valence-corrected chi connectivity index (χ0v) is 12.0. The molecule has 4 nitrogen and oxygen atoms in total. The predicted molar refractivity (Wildman–Crippen MR) is 79.7 cm³/mol. The van der Waals surface area contributed by atoms with Gasteiger partial charge in [-0.25, -0.2) is 4.98 Å². The average Bonchev–Trinajstić information content (AvgIpc) is 2.70. The molecule has 18 heavy (non-hydrogen) atoms. The molecule has 2 N–H and O–H groups in total. The summed E-state index contributed by atoms with van der Waals surface area (Å²) >= 11 is 1.71. The van der Waals surface area contributed by atoms with Gasteiger partial charge in [0.05, 0.1) is 5.39 Å². The summed E-state index contributed by atoms with van der Waals surface area (Å²) in [6, 6.07) is 2.16. The summed E-state index contributed by atoms with van der Waals surface area (Å²) in [5, 5.41) is 7.73. The Balaban J connectivity index is 2.33. The van der Waals surface area contributed by atoms with Gasteiger partial charge in [0, 0.05) is 18.0 Å². The molecule has 0 amide bonds. The molecule has 2 aromatic heterocycles. The van der Waals surface area contributed by atoms with Crippen LogP contribution in [-0.4, -0.2) is 23.1 Å². The monoisotopic (exact) mass is 264 g/mol. The molecule has 0 aromatic carbocycles. The van der Waals surface area contributed by atoms with Gasteiger partial charge in [-0.3, -0.25) is 0 Å². The van der Waals surface area contributed by atoms with E-state index in [0.29, 0.717) is 5.95 Å². The van der Waals surface area contributed by atoms with Crippen molar-refractivity contribution in [2.24, 2.45) is 0 Å². The van der Waals surface area contributed by atoms with Gasteiger partial charge in [0.1, 0.15) is 10.6 Å². The Kier molecular flexibility index (Phi) is 4.36. The van der Waals surface area contributed by atoms with Crippen LogP contribution in [0.5, 0.6) is 0 Å². The van der Waals surface area contributed by atoms with E-state index in [-0.39, 0.29) is 0 Å². The molecule has 0 spiro atoms. The number of aromatic nitrogens is 2. The fourth-order valence-electron chi connectivity index (χ4n) is 1.80. The van der Waals surface area contributed by atoms with E-state index in [0.717, 1.165) is 35.5 Å². The standard InChI is InChI=1S/C13H20N4S/c1-4-6-7-15-11-10-8-9(3)18-12(10)17-13(16-11)14-5-2/h8H,4-7H2,1-3H3,(H2,14,15,16,17). The van der Waals surface area contributed by atoms with Crippen molar-refractivity contribution in [2.45, 2.75) is 33.6 Å². The highest BCUT2D eigenvalue weighted by molar-refractivity contribution is 7.18. The highest BCUT2D eigenvalue weighted by Gasteiger charge is 2.09. The second kappa shape index (κ2) is 6.00. The van der Waals surface area contributed by atoms with E-state index in [1.807, 2.05) is 0 Å². The van der Waals surface area contributed by atoms with Gasteiger partial charge in [0.25, 0.3) is 0 Å². The van der Waals surface area contributed by atoms with E-state index in [1.165, 1.54) is 11.3 Å². The van der Waals surface area contributed by atoms with Gasteiger partial charge in [-0.1, -0.05) is 13.3 Å². The summed E-state index contributed by atoms with van der Waals surface area (Å²) in [5.41, 5.74) is 0. The Morgan fingerprint density at radius 3 is 2.78 bits per heavy atom. The lowest BCUT2D eigenvalue weighted by Crippen LogP contribution is -2.07. The van der Waals surface area contributed by atoms with Gasteiger partial charge in [0.15, 0.2) is 0 Å². The molecule has 0 saturated heterocycles. The molecule has 0 bridgehead atoms. The first kappa shape index (κ1) is 13.1. The Hall–Kier alpha value is -1.36. The first-order valence-electron chi connectivity index (χ1n) is 6.50. The molecule has 98 valence electrons. The maximum absolute atomic E-state index is 4.55. The number of aryl methyl sites for hydroxylation is 1. The van der Waals surface area contributed by atoms with E-state index in [1.54, 1.807) is 11.3 Å². The minimum absolute atomic E-state index is 0.714. The second-order valence-electron chi connectivity index (χ2n) is 4.28. The summed E-state index contributed by atoms with van der Waals surface area (Å²) in [7, 11) is 0. The smallest absolute Gasteiger partial charge is 0.226 e. The van der Waals surface area contributed by atoms with Crippen LogP contribution in [0, 0.1) is 6.92 Å². The van der Waals surface area contributed by atoms with E-state index >= 15 is 0 Å².